The van der Waals surface area contributed by atoms with Crippen LogP contribution in [0.5, 0.6) is 0 Å². The highest BCUT2D eigenvalue weighted by Gasteiger charge is 2.02. The first-order valence-electron chi connectivity index (χ1n) is 4.59. The Kier molecular flexibility index (Phi) is 2.70. The van der Waals surface area contributed by atoms with Gasteiger partial charge in [-0.25, -0.2) is 14.6 Å². The van der Waals surface area contributed by atoms with E-state index in [-0.39, 0.29) is 0 Å². The van der Waals surface area contributed by atoms with Crippen LogP contribution in [0.2, 0.25) is 0 Å². The van der Waals surface area contributed by atoms with Gasteiger partial charge in [0.25, 0.3) is 5.95 Å². The van der Waals surface area contributed by atoms with Crippen LogP contribution in [0.25, 0.3) is 5.95 Å². The lowest BCUT2D eigenvalue weighted by molar-refractivity contribution is 0.789. The molecule has 2 rings (SSSR count). The van der Waals surface area contributed by atoms with Gasteiger partial charge in [-0.2, -0.15) is 5.10 Å². The van der Waals surface area contributed by atoms with E-state index in [4.69, 9.17) is 11.5 Å². The van der Waals surface area contributed by atoms with Crippen LogP contribution in [0.4, 0.5) is 0 Å². The molecule has 0 aliphatic carbocycles. The Morgan fingerprint density at radius 2 is 2.13 bits per heavy atom. The Hall–Kier alpha value is -1.79. The van der Waals surface area contributed by atoms with Crippen LogP contribution in [0.1, 0.15) is 11.3 Å². The van der Waals surface area contributed by atoms with E-state index in [1.807, 2.05) is 0 Å². The van der Waals surface area contributed by atoms with E-state index >= 15 is 0 Å². The summed E-state index contributed by atoms with van der Waals surface area (Å²) in [7, 11) is 0. The summed E-state index contributed by atoms with van der Waals surface area (Å²) in [6.07, 6.45) is 5.16. The van der Waals surface area contributed by atoms with Gasteiger partial charge in [0, 0.05) is 31.0 Å². The van der Waals surface area contributed by atoms with E-state index in [0.717, 1.165) is 11.3 Å². The normalized spacial score (nSPS) is 10.5. The standard InChI is InChI=1S/C9H12N6/c10-3-7-5-13-15(6-7)9-12-2-1-8(4-11)14-9/h1-2,5-6H,3-4,10-11H2. The second-order valence-corrected chi connectivity index (χ2v) is 3.05. The quantitative estimate of drug-likeness (QED) is 0.708. The molecule has 0 fully saturated rings. The number of rotatable bonds is 3. The molecular formula is C9H12N6. The molecule has 0 amide bonds. The number of nitrogens with two attached hydrogens (primary N) is 2. The van der Waals surface area contributed by atoms with Crippen LogP contribution < -0.4 is 11.5 Å². The zero-order chi connectivity index (χ0) is 10.7. The zero-order valence-corrected chi connectivity index (χ0v) is 8.17. The molecule has 15 heavy (non-hydrogen) atoms. The lowest BCUT2D eigenvalue weighted by Crippen LogP contribution is -2.06. The monoisotopic (exact) mass is 204 g/mol. The van der Waals surface area contributed by atoms with E-state index < -0.39 is 0 Å². The van der Waals surface area contributed by atoms with E-state index in [1.165, 1.54) is 0 Å². The van der Waals surface area contributed by atoms with E-state index in [2.05, 4.69) is 15.1 Å². The van der Waals surface area contributed by atoms with Crippen molar-refractivity contribution in [3.63, 3.8) is 0 Å². The van der Waals surface area contributed by atoms with Crippen LogP contribution in [0.15, 0.2) is 24.7 Å². The van der Waals surface area contributed by atoms with Gasteiger partial charge >= 0.3 is 0 Å². The summed E-state index contributed by atoms with van der Waals surface area (Å²) >= 11 is 0. The van der Waals surface area contributed by atoms with E-state index in [9.17, 15) is 0 Å². The molecule has 78 valence electrons. The highest BCUT2D eigenvalue weighted by Crippen LogP contribution is 2.03. The predicted molar refractivity (Wildman–Crippen MR) is 54.9 cm³/mol. The maximum absolute atomic E-state index is 5.49. The Balaban J connectivity index is 2.35. The van der Waals surface area contributed by atoms with Gasteiger partial charge in [0.05, 0.1) is 11.9 Å². The smallest absolute Gasteiger partial charge is 0.250 e. The third kappa shape index (κ3) is 2.00. The summed E-state index contributed by atoms with van der Waals surface area (Å²) in [5, 5.41) is 4.10. The first-order valence-corrected chi connectivity index (χ1v) is 4.59. The Morgan fingerprint density at radius 3 is 2.80 bits per heavy atom. The van der Waals surface area contributed by atoms with Crippen molar-refractivity contribution in [3.8, 4) is 5.95 Å². The van der Waals surface area contributed by atoms with Gasteiger partial charge in [0.1, 0.15) is 0 Å². The van der Waals surface area contributed by atoms with E-state index in [0.29, 0.717) is 19.0 Å². The number of nitrogens with zero attached hydrogens (tertiary/aromatic N) is 4. The van der Waals surface area contributed by atoms with Crippen LogP contribution in [0, 0.1) is 0 Å². The molecule has 0 bridgehead atoms. The average molecular weight is 204 g/mol. The molecule has 0 saturated heterocycles. The molecule has 0 aliphatic rings. The molecule has 0 unspecified atom stereocenters. The molecule has 2 aromatic rings. The second-order valence-electron chi connectivity index (χ2n) is 3.05. The molecule has 2 heterocycles. The Bertz CT molecular complexity index is 449. The van der Waals surface area contributed by atoms with Crippen molar-refractivity contribution < 1.29 is 0 Å². The van der Waals surface area contributed by atoms with Gasteiger partial charge in [0.2, 0.25) is 0 Å². The number of hydrogen-bond donors (Lipinski definition) is 2. The summed E-state index contributed by atoms with van der Waals surface area (Å²) in [6, 6.07) is 1.77. The van der Waals surface area contributed by atoms with Gasteiger partial charge in [-0.1, -0.05) is 0 Å². The number of aromatic nitrogens is 4. The highest BCUT2D eigenvalue weighted by molar-refractivity contribution is 5.16. The SMILES string of the molecule is NCc1cnn(-c2nccc(CN)n2)c1. The van der Waals surface area contributed by atoms with Crippen LogP contribution in [-0.4, -0.2) is 19.7 Å². The van der Waals surface area contributed by atoms with Crippen LogP contribution in [0.3, 0.4) is 0 Å². The molecule has 2 aromatic heterocycles. The molecule has 0 atom stereocenters. The maximum Gasteiger partial charge on any atom is 0.250 e. The molecule has 6 heteroatoms. The zero-order valence-electron chi connectivity index (χ0n) is 8.17. The van der Waals surface area contributed by atoms with Crippen molar-refractivity contribution in [1.82, 2.24) is 19.7 Å². The van der Waals surface area contributed by atoms with Crippen molar-refractivity contribution >= 4 is 0 Å². The summed E-state index contributed by atoms with van der Waals surface area (Å²) < 4.78 is 1.58. The maximum atomic E-state index is 5.49. The van der Waals surface area contributed by atoms with Crippen molar-refractivity contribution in [3.05, 3.63) is 35.9 Å². The molecular weight excluding hydrogens is 192 g/mol. The van der Waals surface area contributed by atoms with Crippen molar-refractivity contribution in [2.24, 2.45) is 11.5 Å². The van der Waals surface area contributed by atoms with Gasteiger partial charge in [0.15, 0.2) is 0 Å². The van der Waals surface area contributed by atoms with Crippen LogP contribution in [-0.2, 0) is 13.1 Å². The predicted octanol–water partition coefficient (Wildman–Crippen LogP) is -0.420. The summed E-state index contributed by atoms with van der Waals surface area (Å²) in [6.45, 7) is 0.844. The minimum atomic E-state index is 0.389. The summed E-state index contributed by atoms with van der Waals surface area (Å²) in [4.78, 5) is 8.33. The minimum absolute atomic E-state index is 0.389. The van der Waals surface area contributed by atoms with Crippen molar-refractivity contribution in [1.29, 1.82) is 0 Å². The van der Waals surface area contributed by atoms with Gasteiger partial charge in [-0.05, 0) is 6.07 Å². The Morgan fingerprint density at radius 1 is 1.27 bits per heavy atom. The van der Waals surface area contributed by atoms with E-state index in [1.54, 1.807) is 29.3 Å². The first-order chi connectivity index (χ1) is 7.33. The Labute approximate surface area is 86.9 Å². The third-order valence-corrected chi connectivity index (χ3v) is 1.99. The largest absolute Gasteiger partial charge is 0.326 e. The average Bonchev–Trinajstić information content (AvgIpc) is 2.78. The first kappa shape index (κ1) is 9.75. The molecule has 0 aliphatic heterocycles. The van der Waals surface area contributed by atoms with Crippen LogP contribution >= 0.6 is 0 Å². The molecule has 0 spiro atoms. The lowest BCUT2D eigenvalue weighted by atomic mass is 10.4. The van der Waals surface area contributed by atoms with Crippen molar-refractivity contribution in [2.45, 2.75) is 13.1 Å². The second kappa shape index (κ2) is 4.16. The topological polar surface area (TPSA) is 95.6 Å². The van der Waals surface area contributed by atoms with Gasteiger partial charge < -0.3 is 11.5 Å². The summed E-state index contributed by atoms with van der Waals surface area (Å²) in [5.74, 6) is 0.512. The molecule has 6 nitrogen and oxygen atoms in total. The fourth-order valence-corrected chi connectivity index (χ4v) is 1.18. The molecule has 0 saturated carbocycles. The molecule has 0 aromatic carbocycles. The molecule has 0 radical (unpaired) electrons. The van der Waals surface area contributed by atoms with Crippen molar-refractivity contribution in [2.75, 3.05) is 0 Å². The number of hydrogen-bond acceptors (Lipinski definition) is 5. The third-order valence-electron chi connectivity index (χ3n) is 1.99. The highest BCUT2D eigenvalue weighted by atomic mass is 15.3. The minimum Gasteiger partial charge on any atom is -0.326 e. The lowest BCUT2D eigenvalue weighted by Gasteiger charge is -2.00. The molecule has 4 N–H and O–H groups in total. The fourth-order valence-electron chi connectivity index (χ4n) is 1.18. The summed E-state index contributed by atoms with van der Waals surface area (Å²) in [5.41, 5.74) is 12.7. The van der Waals surface area contributed by atoms with Gasteiger partial charge in [-0.15, -0.1) is 0 Å². The fraction of sp³-hybridized carbons (Fsp3) is 0.222. The van der Waals surface area contributed by atoms with Gasteiger partial charge in [-0.3, -0.25) is 0 Å².